The molecular formula is C29H20O. The van der Waals surface area contributed by atoms with Gasteiger partial charge in [0.1, 0.15) is 11.2 Å². The van der Waals surface area contributed by atoms with Gasteiger partial charge in [0.15, 0.2) is 0 Å². The molecule has 6 rings (SSSR count). The van der Waals surface area contributed by atoms with Crippen molar-refractivity contribution in [2.45, 2.75) is 6.92 Å². The molecule has 1 heterocycles. The van der Waals surface area contributed by atoms with E-state index in [9.17, 15) is 0 Å². The third-order valence-corrected chi connectivity index (χ3v) is 5.95. The average molecular weight is 384 g/mol. The molecule has 1 aromatic heterocycles. The van der Waals surface area contributed by atoms with Crippen molar-refractivity contribution in [1.29, 1.82) is 0 Å². The highest BCUT2D eigenvalue weighted by molar-refractivity contribution is 6.19. The fraction of sp³-hybridized carbons (Fsp3) is 0.0345. The molecule has 0 unspecified atom stereocenters. The Hall–Kier alpha value is -3.84. The van der Waals surface area contributed by atoms with Crippen molar-refractivity contribution >= 4 is 32.7 Å². The normalized spacial score (nSPS) is 11.5. The number of hydrogen-bond donors (Lipinski definition) is 0. The number of rotatable bonds is 2. The van der Waals surface area contributed by atoms with Crippen LogP contribution in [0.4, 0.5) is 0 Å². The molecule has 30 heavy (non-hydrogen) atoms. The Balaban J connectivity index is 1.68. The van der Waals surface area contributed by atoms with Crippen LogP contribution in [0.3, 0.4) is 0 Å². The van der Waals surface area contributed by atoms with Crippen LogP contribution in [0, 0.1) is 6.92 Å². The molecule has 142 valence electrons. The summed E-state index contributed by atoms with van der Waals surface area (Å²) in [7, 11) is 0. The zero-order valence-corrected chi connectivity index (χ0v) is 16.7. The highest BCUT2D eigenvalue weighted by Gasteiger charge is 2.15. The highest BCUT2D eigenvalue weighted by atomic mass is 16.3. The van der Waals surface area contributed by atoms with Crippen LogP contribution in [0.5, 0.6) is 0 Å². The summed E-state index contributed by atoms with van der Waals surface area (Å²) >= 11 is 0. The lowest BCUT2D eigenvalue weighted by Gasteiger charge is -2.08. The first-order valence-corrected chi connectivity index (χ1v) is 10.3. The van der Waals surface area contributed by atoms with Gasteiger partial charge in [0, 0.05) is 16.2 Å². The molecule has 0 fully saturated rings. The summed E-state index contributed by atoms with van der Waals surface area (Å²) in [6.07, 6.45) is 0. The lowest BCUT2D eigenvalue weighted by molar-refractivity contribution is 0.673. The molecule has 0 saturated carbocycles. The van der Waals surface area contributed by atoms with Gasteiger partial charge < -0.3 is 4.42 Å². The predicted octanol–water partition coefficient (Wildman–Crippen LogP) is 8.38. The van der Waals surface area contributed by atoms with Crippen molar-refractivity contribution in [3.63, 3.8) is 0 Å². The van der Waals surface area contributed by atoms with E-state index < -0.39 is 0 Å². The van der Waals surface area contributed by atoms with Gasteiger partial charge in [0.05, 0.1) is 0 Å². The smallest absolute Gasteiger partial charge is 0.143 e. The summed E-state index contributed by atoms with van der Waals surface area (Å²) in [6, 6.07) is 36.6. The van der Waals surface area contributed by atoms with Gasteiger partial charge in [-0.1, -0.05) is 90.5 Å². The van der Waals surface area contributed by atoms with E-state index in [4.69, 9.17) is 4.42 Å². The maximum absolute atomic E-state index is 6.37. The second kappa shape index (κ2) is 6.60. The maximum atomic E-state index is 6.37. The van der Waals surface area contributed by atoms with E-state index in [1.54, 1.807) is 0 Å². The van der Waals surface area contributed by atoms with Crippen LogP contribution in [0.2, 0.25) is 0 Å². The third kappa shape index (κ3) is 2.63. The lowest BCUT2D eigenvalue weighted by atomic mass is 9.95. The first-order valence-electron chi connectivity index (χ1n) is 10.3. The minimum Gasteiger partial charge on any atom is -0.455 e. The molecule has 0 atom stereocenters. The molecular weight excluding hydrogens is 364 g/mol. The number of benzene rings is 5. The van der Waals surface area contributed by atoms with Crippen LogP contribution in [0.1, 0.15) is 5.56 Å². The standard InChI is InChI=1S/C29H20O/c1-19-11-13-20(14-12-19)22-15-16-28-26(17-22)27-18-25(21-7-3-2-4-8-21)23-9-5-6-10-24(23)29(27)30-28/h2-18H,1H3. The van der Waals surface area contributed by atoms with E-state index in [-0.39, 0.29) is 0 Å². The fourth-order valence-corrected chi connectivity index (χ4v) is 4.38. The van der Waals surface area contributed by atoms with Gasteiger partial charge in [-0.05, 0) is 52.8 Å². The van der Waals surface area contributed by atoms with E-state index in [1.165, 1.54) is 33.2 Å². The summed E-state index contributed by atoms with van der Waals surface area (Å²) in [4.78, 5) is 0. The second-order valence-electron chi connectivity index (χ2n) is 7.89. The summed E-state index contributed by atoms with van der Waals surface area (Å²) in [5.41, 5.74) is 8.05. The molecule has 5 aromatic carbocycles. The van der Waals surface area contributed by atoms with Crippen LogP contribution in [-0.4, -0.2) is 0 Å². The van der Waals surface area contributed by atoms with Crippen molar-refractivity contribution < 1.29 is 4.42 Å². The maximum Gasteiger partial charge on any atom is 0.143 e. The Morgan fingerprint density at radius 2 is 1.20 bits per heavy atom. The van der Waals surface area contributed by atoms with Gasteiger partial charge in [-0.2, -0.15) is 0 Å². The van der Waals surface area contributed by atoms with Crippen LogP contribution in [0.15, 0.2) is 108 Å². The molecule has 0 amide bonds. The fourth-order valence-electron chi connectivity index (χ4n) is 4.38. The molecule has 0 radical (unpaired) electrons. The quantitative estimate of drug-likeness (QED) is 0.292. The molecule has 0 saturated heterocycles. The Morgan fingerprint density at radius 1 is 0.500 bits per heavy atom. The van der Waals surface area contributed by atoms with Crippen LogP contribution < -0.4 is 0 Å². The van der Waals surface area contributed by atoms with Crippen LogP contribution in [0.25, 0.3) is 55.0 Å². The first-order chi connectivity index (χ1) is 14.8. The summed E-state index contributed by atoms with van der Waals surface area (Å²) in [5.74, 6) is 0. The zero-order chi connectivity index (χ0) is 20.1. The van der Waals surface area contributed by atoms with E-state index in [2.05, 4.69) is 110 Å². The molecule has 0 aliphatic carbocycles. The predicted molar refractivity (Wildman–Crippen MR) is 127 cm³/mol. The molecule has 0 N–H and O–H groups in total. The van der Waals surface area contributed by atoms with E-state index in [0.717, 1.165) is 27.3 Å². The summed E-state index contributed by atoms with van der Waals surface area (Å²) in [6.45, 7) is 2.12. The Bertz CT molecular complexity index is 1520. The van der Waals surface area contributed by atoms with Crippen LogP contribution in [-0.2, 0) is 0 Å². The van der Waals surface area contributed by atoms with Gasteiger partial charge >= 0.3 is 0 Å². The highest BCUT2D eigenvalue weighted by Crippen LogP contribution is 2.40. The van der Waals surface area contributed by atoms with Gasteiger partial charge in [0.2, 0.25) is 0 Å². The van der Waals surface area contributed by atoms with Crippen LogP contribution >= 0.6 is 0 Å². The SMILES string of the molecule is Cc1ccc(-c2ccc3oc4c5ccccc5c(-c5ccccc5)cc4c3c2)cc1. The lowest BCUT2D eigenvalue weighted by Crippen LogP contribution is -1.82. The van der Waals surface area contributed by atoms with E-state index in [0.29, 0.717) is 0 Å². The number of fused-ring (bicyclic) bond motifs is 5. The minimum absolute atomic E-state index is 0.927. The molecule has 0 aliphatic heterocycles. The Morgan fingerprint density at radius 3 is 2.00 bits per heavy atom. The number of hydrogen-bond acceptors (Lipinski definition) is 1. The van der Waals surface area contributed by atoms with Gasteiger partial charge in [-0.15, -0.1) is 0 Å². The van der Waals surface area contributed by atoms with Gasteiger partial charge in [0.25, 0.3) is 0 Å². The monoisotopic (exact) mass is 384 g/mol. The van der Waals surface area contributed by atoms with Gasteiger partial charge in [-0.3, -0.25) is 0 Å². The molecule has 0 bridgehead atoms. The summed E-state index contributed by atoms with van der Waals surface area (Å²) in [5, 5.41) is 4.69. The molecule has 1 heteroatoms. The largest absolute Gasteiger partial charge is 0.455 e. The second-order valence-corrected chi connectivity index (χ2v) is 7.89. The molecule has 1 nitrogen and oxygen atoms in total. The molecule has 0 spiro atoms. The van der Waals surface area contributed by atoms with Crippen molar-refractivity contribution in [2.75, 3.05) is 0 Å². The number of aryl methyl sites for hydroxylation is 1. The first kappa shape index (κ1) is 17.1. The summed E-state index contributed by atoms with van der Waals surface area (Å²) < 4.78 is 6.37. The zero-order valence-electron chi connectivity index (χ0n) is 16.7. The molecule has 0 aliphatic rings. The minimum atomic E-state index is 0.927. The van der Waals surface area contributed by atoms with Crippen molar-refractivity contribution in [2.24, 2.45) is 0 Å². The average Bonchev–Trinajstić information content (AvgIpc) is 3.18. The van der Waals surface area contributed by atoms with Crippen molar-refractivity contribution in [3.8, 4) is 22.3 Å². The van der Waals surface area contributed by atoms with Gasteiger partial charge in [-0.25, -0.2) is 0 Å². The third-order valence-electron chi connectivity index (χ3n) is 5.95. The molecule has 6 aromatic rings. The van der Waals surface area contributed by atoms with Crippen molar-refractivity contribution in [1.82, 2.24) is 0 Å². The Kier molecular flexibility index (Phi) is 3.75. The van der Waals surface area contributed by atoms with E-state index in [1.807, 2.05) is 0 Å². The Labute approximate surface area is 175 Å². The van der Waals surface area contributed by atoms with E-state index >= 15 is 0 Å². The van der Waals surface area contributed by atoms with Crippen molar-refractivity contribution in [3.05, 3.63) is 109 Å². The topological polar surface area (TPSA) is 13.1 Å². The number of furan rings is 1.